The molecule has 0 radical (unpaired) electrons. The maximum atomic E-state index is 3.84. The molecule has 76 valence electrons. The van der Waals surface area contributed by atoms with Crippen LogP contribution in [0.5, 0.6) is 0 Å². The molecule has 2 atom stereocenters. The number of thioether (sulfide) groups is 1. The van der Waals surface area contributed by atoms with E-state index >= 15 is 0 Å². The van der Waals surface area contributed by atoms with Crippen LogP contribution in [-0.2, 0) is 0 Å². The Kier molecular flexibility index (Phi) is 3.56. The van der Waals surface area contributed by atoms with E-state index in [9.17, 15) is 0 Å². The Morgan fingerprint density at radius 1 is 1.00 bits per heavy atom. The fourth-order valence-corrected chi connectivity index (χ4v) is 3.39. The van der Waals surface area contributed by atoms with E-state index in [1.54, 1.807) is 0 Å². The molecule has 2 fully saturated rings. The predicted molar refractivity (Wildman–Crippen MR) is 60.3 cm³/mol. The molecule has 1 nitrogen and oxygen atoms in total. The van der Waals surface area contributed by atoms with Gasteiger partial charge in [0, 0.05) is 17.3 Å². The van der Waals surface area contributed by atoms with Crippen molar-refractivity contribution in [2.75, 3.05) is 6.26 Å². The summed E-state index contributed by atoms with van der Waals surface area (Å²) in [5, 5.41) is 4.73. The van der Waals surface area contributed by atoms with Crippen molar-refractivity contribution < 1.29 is 0 Å². The summed E-state index contributed by atoms with van der Waals surface area (Å²) in [5.41, 5.74) is 0. The molecular formula is C11H21NS. The van der Waals surface area contributed by atoms with Crippen molar-refractivity contribution in [1.82, 2.24) is 5.32 Å². The highest BCUT2D eigenvalue weighted by Crippen LogP contribution is 2.29. The summed E-state index contributed by atoms with van der Waals surface area (Å²) >= 11 is 2.07. The Hall–Kier alpha value is 0.310. The zero-order valence-electron chi connectivity index (χ0n) is 8.59. The summed E-state index contributed by atoms with van der Waals surface area (Å²) in [6.45, 7) is 0. The predicted octanol–water partition coefficient (Wildman–Crippen LogP) is 2.80. The molecule has 0 saturated heterocycles. The monoisotopic (exact) mass is 199 g/mol. The van der Waals surface area contributed by atoms with Gasteiger partial charge in [0.2, 0.25) is 0 Å². The van der Waals surface area contributed by atoms with Gasteiger partial charge in [0.25, 0.3) is 0 Å². The van der Waals surface area contributed by atoms with Gasteiger partial charge in [-0.1, -0.05) is 19.3 Å². The summed E-state index contributed by atoms with van der Waals surface area (Å²) in [7, 11) is 0. The van der Waals surface area contributed by atoms with Gasteiger partial charge in [-0.15, -0.1) is 0 Å². The zero-order chi connectivity index (χ0) is 9.10. The number of hydrogen-bond acceptors (Lipinski definition) is 2. The molecule has 2 heteroatoms. The Morgan fingerprint density at radius 2 is 1.77 bits per heavy atom. The first-order chi connectivity index (χ1) is 6.40. The Labute approximate surface area is 86.0 Å². The normalized spacial score (nSPS) is 35.8. The summed E-state index contributed by atoms with van der Waals surface area (Å²) in [6.07, 6.45) is 12.3. The second kappa shape index (κ2) is 4.70. The maximum Gasteiger partial charge on any atom is 0.0198 e. The van der Waals surface area contributed by atoms with Gasteiger partial charge in [0.05, 0.1) is 0 Å². The molecule has 0 spiro atoms. The third kappa shape index (κ3) is 2.41. The Bertz CT molecular complexity index is 156. The minimum atomic E-state index is 0.828. The largest absolute Gasteiger partial charge is 0.310 e. The second-order valence-electron chi connectivity index (χ2n) is 4.46. The molecule has 0 heterocycles. The summed E-state index contributed by atoms with van der Waals surface area (Å²) in [6, 6.07) is 1.70. The molecule has 2 unspecified atom stereocenters. The van der Waals surface area contributed by atoms with Crippen LogP contribution in [0.4, 0.5) is 0 Å². The Balaban J connectivity index is 1.79. The van der Waals surface area contributed by atoms with E-state index in [2.05, 4.69) is 23.3 Å². The lowest BCUT2D eigenvalue weighted by atomic mass is 9.89. The third-order valence-electron chi connectivity index (χ3n) is 3.56. The van der Waals surface area contributed by atoms with Crippen molar-refractivity contribution in [3.63, 3.8) is 0 Å². The first-order valence-corrected chi connectivity index (χ1v) is 6.98. The van der Waals surface area contributed by atoms with Crippen LogP contribution in [0.25, 0.3) is 0 Å². The van der Waals surface area contributed by atoms with Gasteiger partial charge < -0.3 is 5.32 Å². The van der Waals surface area contributed by atoms with E-state index in [0.717, 1.165) is 17.3 Å². The molecule has 0 aliphatic heterocycles. The molecule has 0 aromatic carbocycles. The highest BCUT2D eigenvalue weighted by atomic mass is 32.2. The molecule has 0 bridgehead atoms. The molecule has 2 rings (SSSR count). The lowest BCUT2D eigenvalue weighted by Gasteiger charge is -2.37. The first-order valence-electron chi connectivity index (χ1n) is 5.69. The van der Waals surface area contributed by atoms with Gasteiger partial charge in [-0.05, 0) is 31.9 Å². The zero-order valence-corrected chi connectivity index (χ0v) is 9.41. The highest BCUT2D eigenvalue weighted by molar-refractivity contribution is 7.99. The third-order valence-corrected chi connectivity index (χ3v) is 4.73. The molecule has 2 aliphatic rings. The van der Waals surface area contributed by atoms with Crippen molar-refractivity contribution in [2.24, 2.45) is 0 Å². The van der Waals surface area contributed by atoms with Crippen LogP contribution in [-0.4, -0.2) is 23.6 Å². The molecule has 2 saturated carbocycles. The minimum absolute atomic E-state index is 0.828. The molecule has 0 amide bonds. The van der Waals surface area contributed by atoms with Crippen molar-refractivity contribution in [3.8, 4) is 0 Å². The first kappa shape index (κ1) is 9.85. The second-order valence-corrected chi connectivity index (χ2v) is 5.54. The van der Waals surface area contributed by atoms with Crippen molar-refractivity contribution >= 4 is 11.8 Å². The van der Waals surface area contributed by atoms with E-state index in [4.69, 9.17) is 0 Å². The average molecular weight is 199 g/mol. The number of rotatable bonds is 3. The molecule has 0 aromatic heterocycles. The lowest BCUT2D eigenvalue weighted by Crippen LogP contribution is -2.48. The van der Waals surface area contributed by atoms with Crippen LogP contribution in [0.3, 0.4) is 0 Å². The number of nitrogens with one attached hydrogen (secondary N) is 1. The van der Waals surface area contributed by atoms with E-state index < -0.39 is 0 Å². The van der Waals surface area contributed by atoms with Gasteiger partial charge in [-0.3, -0.25) is 0 Å². The van der Waals surface area contributed by atoms with Gasteiger partial charge in [0.1, 0.15) is 0 Å². The van der Waals surface area contributed by atoms with Crippen LogP contribution >= 0.6 is 11.8 Å². The molecule has 0 aromatic rings. The Morgan fingerprint density at radius 3 is 2.38 bits per heavy atom. The highest BCUT2D eigenvalue weighted by Gasteiger charge is 2.28. The number of hydrogen-bond donors (Lipinski definition) is 1. The van der Waals surface area contributed by atoms with Gasteiger partial charge >= 0.3 is 0 Å². The quantitative estimate of drug-likeness (QED) is 0.750. The molecule has 2 aliphatic carbocycles. The standard InChI is InChI=1S/C11H21NS/c1-13-11-8-3-2-7-10(11)12-9-5-4-6-9/h9-12H,2-8H2,1H3. The fraction of sp³-hybridized carbons (Fsp3) is 1.00. The van der Waals surface area contributed by atoms with Gasteiger partial charge in [-0.2, -0.15) is 11.8 Å². The minimum Gasteiger partial charge on any atom is -0.310 e. The van der Waals surface area contributed by atoms with Crippen molar-refractivity contribution in [1.29, 1.82) is 0 Å². The van der Waals surface area contributed by atoms with Crippen LogP contribution in [0.15, 0.2) is 0 Å². The topological polar surface area (TPSA) is 12.0 Å². The summed E-state index contributed by atoms with van der Waals surface area (Å²) in [4.78, 5) is 0. The molecule has 1 N–H and O–H groups in total. The van der Waals surface area contributed by atoms with Gasteiger partial charge in [-0.25, -0.2) is 0 Å². The van der Waals surface area contributed by atoms with Gasteiger partial charge in [0.15, 0.2) is 0 Å². The summed E-state index contributed by atoms with van der Waals surface area (Å²) < 4.78 is 0. The fourth-order valence-electron chi connectivity index (χ4n) is 2.45. The van der Waals surface area contributed by atoms with Crippen LogP contribution in [0.2, 0.25) is 0 Å². The lowest BCUT2D eigenvalue weighted by molar-refractivity contribution is 0.271. The van der Waals surface area contributed by atoms with Crippen LogP contribution in [0.1, 0.15) is 44.9 Å². The van der Waals surface area contributed by atoms with E-state index in [1.165, 1.54) is 44.9 Å². The van der Waals surface area contributed by atoms with Crippen LogP contribution < -0.4 is 5.32 Å². The van der Waals surface area contributed by atoms with Crippen molar-refractivity contribution in [2.45, 2.75) is 62.3 Å². The maximum absolute atomic E-state index is 3.84. The smallest absolute Gasteiger partial charge is 0.0198 e. The average Bonchev–Trinajstić information content (AvgIpc) is 2.12. The SMILES string of the molecule is CSC1CCCCC1NC1CCC1. The molecular weight excluding hydrogens is 178 g/mol. The van der Waals surface area contributed by atoms with E-state index in [1.807, 2.05) is 0 Å². The van der Waals surface area contributed by atoms with Crippen molar-refractivity contribution in [3.05, 3.63) is 0 Å². The molecule has 13 heavy (non-hydrogen) atoms. The van der Waals surface area contributed by atoms with E-state index in [0.29, 0.717) is 0 Å². The summed E-state index contributed by atoms with van der Waals surface area (Å²) in [5.74, 6) is 0. The van der Waals surface area contributed by atoms with E-state index in [-0.39, 0.29) is 0 Å². The van der Waals surface area contributed by atoms with Crippen LogP contribution in [0, 0.1) is 0 Å².